The molecule has 59 valence electrons. The lowest BCUT2D eigenvalue weighted by Crippen LogP contribution is -1.89. The smallest absolute Gasteiger partial charge is 0.122 e. The van der Waals surface area contributed by atoms with Gasteiger partial charge in [0.1, 0.15) is 5.75 Å². The van der Waals surface area contributed by atoms with Crippen molar-refractivity contribution >= 4 is 15.9 Å². The number of hydrogen-bond acceptors (Lipinski definition) is 1. The molecule has 0 atom stereocenters. The van der Waals surface area contributed by atoms with Gasteiger partial charge in [-0.3, -0.25) is 0 Å². The molecule has 1 aromatic rings. The standard InChI is InChI=1S/C9H10BrO/c1-3-7-6-8(10)4-5-9(7)11-2/h4-6H,1,3H2,2H3. The Hall–Kier alpha value is -0.500. The Balaban J connectivity index is 3.06. The SMILES string of the molecule is [CH2]Cc1cc(Br)ccc1OC. The van der Waals surface area contributed by atoms with Gasteiger partial charge in [0, 0.05) is 4.47 Å². The van der Waals surface area contributed by atoms with Crippen molar-refractivity contribution in [3.05, 3.63) is 35.2 Å². The molecule has 0 aliphatic rings. The van der Waals surface area contributed by atoms with Crippen molar-refractivity contribution < 1.29 is 4.74 Å². The van der Waals surface area contributed by atoms with Crippen LogP contribution in [0.4, 0.5) is 0 Å². The van der Waals surface area contributed by atoms with Crippen molar-refractivity contribution in [2.45, 2.75) is 6.42 Å². The highest BCUT2D eigenvalue weighted by atomic mass is 79.9. The molecule has 0 unspecified atom stereocenters. The van der Waals surface area contributed by atoms with E-state index in [1.807, 2.05) is 18.2 Å². The fourth-order valence-corrected chi connectivity index (χ4v) is 1.35. The Labute approximate surface area is 75.5 Å². The van der Waals surface area contributed by atoms with Crippen LogP contribution in [0.5, 0.6) is 5.75 Å². The van der Waals surface area contributed by atoms with Gasteiger partial charge in [-0.15, -0.1) is 0 Å². The zero-order valence-electron chi connectivity index (χ0n) is 6.43. The third-order valence-electron chi connectivity index (χ3n) is 1.51. The first kappa shape index (κ1) is 8.60. The zero-order chi connectivity index (χ0) is 8.27. The van der Waals surface area contributed by atoms with Gasteiger partial charge < -0.3 is 4.74 Å². The van der Waals surface area contributed by atoms with E-state index in [9.17, 15) is 0 Å². The van der Waals surface area contributed by atoms with Crippen molar-refractivity contribution in [1.29, 1.82) is 0 Å². The minimum atomic E-state index is 0.753. The summed E-state index contributed by atoms with van der Waals surface area (Å²) in [6.45, 7) is 3.80. The molecule has 1 rings (SSSR count). The van der Waals surface area contributed by atoms with Crippen LogP contribution in [0.1, 0.15) is 5.56 Å². The minimum Gasteiger partial charge on any atom is -0.496 e. The molecular weight excluding hydrogens is 204 g/mol. The van der Waals surface area contributed by atoms with E-state index in [4.69, 9.17) is 4.74 Å². The number of rotatable bonds is 2. The number of hydrogen-bond donors (Lipinski definition) is 0. The summed E-state index contributed by atoms with van der Waals surface area (Å²) < 4.78 is 6.20. The van der Waals surface area contributed by atoms with Crippen LogP contribution < -0.4 is 4.74 Å². The van der Waals surface area contributed by atoms with Crippen molar-refractivity contribution in [1.82, 2.24) is 0 Å². The average molecular weight is 214 g/mol. The summed E-state index contributed by atoms with van der Waals surface area (Å²) in [5.74, 6) is 0.906. The lowest BCUT2D eigenvalue weighted by molar-refractivity contribution is 0.410. The average Bonchev–Trinajstić information content (AvgIpc) is 2.04. The summed E-state index contributed by atoms with van der Waals surface area (Å²) in [4.78, 5) is 0. The fourth-order valence-electron chi connectivity index (χ4n) is 0.943. The van der Waals surface area contributed by atoms with Gasteiger partial charge in [0.25, 0.3) is 0 Å². The summed E-state index contributed by atoms with van der Waals surface area (Å²) in [5, 5.41) is 0. The largest absolute Gasteiger partial charge is 0.496 e. The summed E-state index contributed by atoms with van der Waals surface area (Å²) in [6, 6.07) is 5.91. The zero-order valence-corrected chi connectivity index (χ0v) is 8.02. The molecule has 0 spiro atoms. The van der Waals surface area contributed by atoms with E-state index in [1.165, 1.54) is 0 Å². The predicted molar refractivity (Wildman–Crippen MR) is 49.8 cm³/mol. The van der Waals surface area contributed by atoms with Gasteiger partial charge in [-0.05, 0) is 37.1 Å². The van der Waals surface area contributed by atoms with Crippen LogP contribution in [0, 0.1) is 6.92 Å². The molecule has 0 saturated carbocycles. The lowest BCUT2D eigenvalue weighted by Gasteiger charge is -2.05. The maximum atomic E-state index is 5.13. The molecule has 0 bridgehead atoms. The quantitative estimate of drug-likeness (QED) is 0.735. The molecule has 0 aliphatic carbocycles. The van der Waals surface area contributed by atoms with Gasteiger partial charge in [0.2, 0.25) is 0 Å². The molecule has 1 radical (unpaired) electrons. The van der Waals surface area contributed by atoms with Crippen LogP contribution in [-0.4, -0.2) is 7.11 Å². The lowest BCUT2D eigenvalue weighted by atomic mass is 10.1. The third kappa shape index (κ3) is 1.96. The third-order valence-corrected chi connectivity index (χ3v) is 2.01. The van der Waals surface area contributed by atoms with Gasteiger partial charge in [0.05, 0.1) is 7.11 Å². The van der Waals surface area contributed by atoms with Gasteiger partial charge >= 0.3 is 0 Å². The molecule has 0 N–H and O–H groups in total. The van der Waals surface area contributed by atoms with Gasteiger partial charge in [-0.25, -0.2) is 0 Å². The van der Waals surface area contributed by atoms with E-state index in [2.05, 4.69) is 22.9 Å². The highest BCUT2D eigenvalue weighted by Gasteiger charge is 1.99. The van der Waals surface area contributed by atoms with Crippen molar-refractivity contribution in [3.8, 4) is 5.75 Å². The summed E-state index contributed by atoms with van der Waals surface area (Å²) in [6.07, 6.45) is 0.753. The van der Waals surface area contributed by atoms with Crippen LogP contribution in [0.25, 0.3) is 0 Å². The van der Waals surface area contributed by atoms with E-state index in [0.29, 0.717) is 0 Å². The highest BCUT2D eigenvalue weighted by Crippen LogP contribution is 2.22. The molecule has 0 aliphatic heterocycles. The van der Waals surface area contributed by atoms with Crippen LogP contribution >= 0.6 is 15.9 Å². The first-order valence-corrected chi connectivity index (χ1v) is 4.19. The number of ether oxygens (including phenoxy) is 1. The molecule has 11 heavy (non-hydrogen) atoms. The van der Waals surface area contributed by atoms with E-state index in [0.717, 1.165) is 22.2 Å². The first-order valence-electron chi connectivity index (χ1n) is 3.39. The number of benzene rings is 1. The van der Waals surface area contributed by atoms with Crippen LogP contribution in [0.15, 0.2) is 22.7 Å². The maximum Gasteiger partial charge on any atom is 0.122 e. The van der Waals surface area contributed by atoms with E-state index in [1.54, 1.807) is 7.11 Å². The summed E-state index contributed by atoms with van der Waals surface area (Å²) >= 11 is 3.38. The fraction of sp³-hybridized carbons (Fsp3) is 0.222. The molecule has 1 aromatic carbocycles. The minimum absolute atomic E-state index is 0.753. The van der Waals surface area contributed by atoms with Gasteiger partial charge in [-0.1, -0.05) is 15.9 Å². The van der Waals surface area contributed by atoms with Gasteiger partial charge in [0.15, 0.2) is 0 Å². The highest BCUT2D eigenvalue weighted by molar-refractivity contribution is 9.10. The molecule has 0 fully saturated rings. The maximum absolute atomic E-state index is 5.13. The monoisotopic (exact) mass is 213 g/mol. The molecule has 1 nitrogen and oxygen atoms in total. The van der Waals surface area contributed by atoms with E-state index >= 15 is 0 Å². The summed E-state index contributed by atoms with van der Waals surface area (Å²) in [5.41, 5.74) is 1.13. The Morgan fingerprint density at radius 1 is 1.55 bits per heavy atom. The number of halogens is 1. The van der Waals surface area contributed by atoms with E-state index in [-0.39, 0.29) is 0 Å². The molecule has 0 aromatic heterocycles. The van der Waals surface area contributed by atoms with Gasteiger partial charge in [-0.2, -0.15) is 0 Å². The first-order chi connectivity index (χ1) is 5.27. The Kier molecular flexibility index (Phi) is 2.94. The van der Waals surface area contributed by atoms with Crippen molar-refractivity contribution in [2.75, 3.05) is 7.11 Å². The second kappa shape index (κ2) is 3.77. The molecular formula is C9H10BrO. The van der Waals surface area contributed by atoms with Crippen molar-refractivity contribution in [3.63, 3.8) is 0 Å². The van der Waals surface area contributed by atoms with Crippen molar-refractivity contribution in [2.24, 2.45) is 0 Å². The van der Waals surface area contributed by atoms with Crippen LogP contribution in [0.3, 0.4) is 0 Å². The second-order valence-corrected chi connectivity index (χ2v) is 3.12. The Morgan fingerprint density at radius 2 is 2.27 bits per heavy atom. The molecule has 2 heteroatoms. The topological polar surface area (TPSA) is 9.23 Å². The summed E-state index contributed by atoms with van der Waals surface area (Å²) in [7, 11) is 1.67. The number of methoxy groups -OCH3 is 1. The predicted octanol–water partition coefficient (Wildman–Crippen LogP) is 2.83. The Bertz CT molecular complexity index is 245. The van der Waals surface area contributed by atoms with E-state index < -0.39 is 0 Å². The van der Waals surface area contributed by atoms with Crippen LogP contribution in [-0.2, 0) is 6.42 Å². The van der Waals surface area contributed by atoms with Crippen LogP contribution in [0.2, 0.25) is 0 Å². The normalized spacial score (nSPS) is 9.73. The second-order valence-electron chi connectivity index (χ2n) is 2.21. The molecule has 0 amide bonds. The Morgan fingerprint density at radius 3 is 2.82 bits per heavy atom. The molecule has 0 saturated heterocycles. The molecule has 0 heterocycles.